The van der Waals surface area contributed by atoms with E-state index >= 15 is 0 Å². The lowest BCUT2D eigenvalue weighted by Gasteiger charge is -2.20. The molecule has 0 nitrogen and oxygen atoms in total. The summed E-state index contributed by atoms with van der Waals surface area (Å²) in [5.74, 6) is 0.858. The van der Waals surface area contributed by atoms with Crippen molar-refractivity contribution < 1.29 is 0 Å². The minimum absolute atomic E-state index is 0.274. The van der Waals surface area contributed by atoms with Gasteiger partial charge in [-0.25, -0.2) is 0 Å². The van der Waals surface area contributed by atoms with E-state index in [2.05, 4.69) is 48.2 Å². The smallest absolute Gasteiger partial charge is 0.0132 e. The van der Waals surface area contributed by atoms with Crippen LogP contribution in [0.5, 0.6) is 0 Å². The molecule has 0 bridgehead atoms. The summed E-state index contributed by atoms with van der Waals surface area (Å²) in [5, 5.41) is 1.33. The van der Waals surface area contributed by atoms with Gasteiger partial charge in [0.1, 0.15) is 0 Å². The molecule has 0 aromatic heterocycles. The lowest BCUT2D eigenvalue weighted by Crippen LogP contribution is -2.13. The Bertz CT molecular complexity index is 343. The Morgan fingerprint density at radius 3 is 2.29 bits per heavy atom. The molecule has 0 aliphatic heterocycles. The normalized spacial score (nSPS) is 17.1. The van der Waals surface area contributed by atoms with Gasteiger partial charge in [0.05, 0.1) is 0 Å². The summed E-state index contributed by atoms with van der Waals surface area (Å²) in [4.78, 5) is 0. The first kappa shape index (κ1) is 10.2. The van der Waals surface area contributed by atoms with Crippen molar-refractivity contribution >= 4 is 14.5 Å². The van der Waals surface area contributed by atoms with Gasteiger partial charge in [-0.15, -0.1) is 9.24 Å². The molecule has 1 aromatic rings. The monoisotopic (exact) mass is 206 g/mol. The summed E-state index contributed by atoms with van der Waals surface area (Å²) in [6, 6.07) is 7.00. The quantitative estimate of drug-likeness (QED) is 0.618. The van der Waals surface area contributed by atoms with Gasteiger partial charge in [0, 0.05) is 0 Å². The fourth-order valence-corrected chi connectivity index (χ4v) is 2.13. The van der Waals surface area contributed by atoms with E-state index in [-0.39, 0.29) is 5.41 Å². The molecule has 2 rings (SSSR count). The van der Waals surface area contributed by atoms with Crippen molar-refractivity contribution in [1.29, 1.82) is 0 Å². The Hall–Kier alpha value is -0.350. The van der Waals surface area contributed by atoms with Crippen molar-refractivity contribution in [2.75, 3.05) is 0 Å². The maximum Gasteiger partial charge on any atom is -0.0132 e. The minimum atomic E-state index is 0.274. The molecule has 1 aliphatic carbocycles. The van der Waals surface area contributed by atoms with Gasteiger partial charge in [0.15, 0.2) is 0 Å². The van der Waals surface area contributed by atoms with E-state index < -0.39 is 0 Å². The fourth-order valence-electron chi connectivity index (χ4n) is 1.76. The first-order chi connectivity index (χ1) is 6.47. The molecular weight excluding hydrogens is 187 g/mol. The Morgan fingerprint density at radius 1 is 1.14 bits per heavy atom. The molecule has 1 heteroatoms. The molecule has 1 saturated carbocycles. The molecule has 0 amide bonds. The Kier molecular flexibility index (Phi) is 2.43. The average Bonchev–Trinajstić information content (AvgIpc) is 2.83. The molecule has 1 atom stereocenters. The zero-order valence-electron chi connectivity index (χ0n) is 9.30. The molecule has 0 heterocycles. The van der Waals surface area contributed by atoms with E-state index in [0.29, 0.717) is 0 Å². The Balaban J connectivity index is 2.41. The van der Waals surface area contributed by atoms with Gasteiger partial charge >= 0.3 is 0 Å². The molecule has 0 spiro atoms. The molecule has 1 aromatic carbocycles. The standard InChI is InChI=1S/C13H19P/c1-13(2,3)11-6-10(9-4-5-9)7-12(14)8-11/h6-9H,4-5,14H2,1-3H3. The van der Waals surface area contributed by atoms with Gasteiger partial charge < -0.3 is 0 Å². The maximum absolute atomic E-state index is 2.83. The lowest BCUT2D eigenvalue weighted by molar-refractivity contribution is 0.590. The van der Waals surface area contributed by atoms with Crippen molar-refractivity contribution in [3.05, 3.63) is 29.3 Å². The van der Waals surface area contributed by atoms with Crippen molar-refractivity contribution in [1.82, 2.24) is 0 Å². The topological polar surface area (TPSA) is 0 Å². The van der Waals surface area contributed by atoms with E-state index in [9.17, 15) is 0 Å². The highest BCUT2D eigenvalue weighted by Crippen LogP contribution is 2.41. The highest BCUT2D eigenvalue weighted by atomic mass is 31.0. The lowest BCUT2D eigenvalue weighted by atomic mass is 9.86. The van der Waals surface area contributed by atoms with Crippen LogP contribution in [0.15, 0.2) is 18.2 Å². The van der Waals surface area contributed by atoms with Crippen LogP contribution in [0.2, 0.25) is 0 Å². The highest BCUT2D eigenvalue weighted by Gasteiger charge is 2.25. The molecule has 0 saturated heterocycles. The zero-order valence-corrected chi connectivity index (χ0v) is 10.5. The van der Waals surface area contributed by atoms with Crippen molar-refractivity contribution in [3.8, 4) is 0 Å². The SMILES string of the molecule is CC(C)(C)c1cc(P)cc(C2CC2)c1. The second kappa shape index (κ2) is 3.35. The van der Waals surface area contributed by atoms with E-state index in [4.69, 9.17) is 0 Å². The number of hydrogen-bond acceptors (Lipinski definition) is 0. The second-order valence-corrected chi connectivity index (χ2v) is 6.08. The fraction of sp³-hybridized carbons (Fsp3) is 0.538. The highest BCUT2D eigenvalue weighted by molar-refractivity contribution is 7.27. The van der Waals surface area contributed by atoms with Crippen LogP contribution in [0.25, 0.3) is 0 Å². The minimum Gasteiger partial charge on any atom is -0.106 e. The summed E-state index contributed by atoms with van der Waals surface area (Å²) in [7, 11) is 2.83. The third-order valence-electron chi connectivity index (χ3n) is 2.89. The molecule has 14 heavy (non-hydrogen) atoms. The summed E-state index contributed by atoms with van der Waals surface area (Å²) < 4.78 is 0. The van der Waals surface area contributed by atoms with Crippen LogP contribution in [0, 0.1) is 0 Å². The summed E-state index contributed by atoms with van der Waals surface area (Å²) in [6.45, 7) is 6.84. The molecular formula is C13H19P. The second-order valence-electron chi connectivity index (χ2n) is 5.41. The molecule has 0 radical (unpaired) electrons. The van der Waals surface area contributed by atoms with E-state index in [1.807, 2.05) is 0 Å². The van der Waals surface area contributed by atoms with Gasteiger partial charge in [-0.2, -0.15) is 0 Å². The number of rotatable bonds is 1. The summed E-state index contributed by atoms with van der Waals surface area (Å²) in [6.07, 6.45) is 2.77. The number of hydrogen-bond donors (Lipinski definition) is 0. The maximum atomic E-state index is 2.83. The van der Waals surface area contributed by atoms with Crippen LogP contribution in [-0.2, 0) is 5.41 Å². The van der Waals surface area contributed by atoms with Crippen LogP contribution in [0.3, 0.4) is 0 Å². The molecule has 0 N–H and O–H groups in total. The Morgan fingerprint density at radius 2 is 1.79 bits per heavy atom. The van der Waals surface area contributed by atoms with E-state index in [0.717, 1.165) is 5.92 Å². The van der Waals surface area contributed by atoms with Gasteiger partial charge in [0.2, 0.25) is 0 Å². The van der Waals surface area contributed by atoms with Gasteiger partial charge in [-0.05, 0) is 40.6 Å². The van der Waals surface area contributed by atoms with E-state index in [1.54, 1.807) is 5.56 Å². The average molecular weight is 206 g/mol. The first-order valence-electron chi connectivity index (χ1n) is 5.38. The van der Waals surface area contributed by atoms with Gasteiger partial charge in [-0.1, -0.05) is 39.0 Å². The predicted octanol–water partition coefficient (Wildman–Crippen LogP) is 3.36. The number of benzene rings is 1. The van der Waals surface area contributed by atoms with Crippen LogP contribution in [0.4, 0.5) is 0 Å². The zero-order chi connectivity index (χ0) is 10.3. The third-order valence-corrected chi connectivity index (χ3v) is 3.23. The molecule has 1 unspecified atom stereocenters. The van der Waals surface area contributed by atoms with Gasteiger partial charge in [0.25, 0.3) is 0 Å². The van der Waals surface area contributed by atoms with Crippen LogP contribution in [0.1, 0.15) is 50.7 Å². The molecule has 76 valence electrons. The molecule has 1 fully saturated rings. The van der Waals surface area contributed by atoms with Crippen LogP contribution in [-0.4, -0.2) is 0 Å². The van der Waals surface area contributed by atoms with Crippen molar-refractivity contribution in [2.24, 2.45) is 0 Å². The summed E-state index contributed by atoms with van der Waals surface area (Å²) >= 11 is 0. The van der Waals surface area contributed by atoms with Crippen LogP contribution >= 0.6 is 9.24 Å². The first-order valence-corrected chi connectivity index (χ1v) is 5.95. The van der Waals surface area contributed by atoms with Crippen molar-refractivity contribution in [3.63, 3.8) is 0 Å². The Labute approximate surface area is 89.3 Å². The van der Waals surface area contributed by atoms with E-state index in [1.165, 1.54) is 23.7 Å². The predicted molar refractivity (Wildman–Crippen MR) is 66.5 cm³/mol. The largest absolute Gasteiger partial charge is 0.106 e. The third kappa shape index (κ3) is 2.17. The van der Waals surface area contributed by atoms with Gasteiger partial charge in [-0.3, -0.25) is 0 Å². The van der Waals surface area contributed by atoms with Crippen LogP contribution < -0.4 is 5.30 Å². The molecule has 1 aliphatic rings. The van der Waals surface area contributed by atoms with Crippen molar-refractivity contribution in [2.45, 2.75) is 44.9 Å². The summed E-state index contributed by atoms with van der Waals surface area (Å²) in [5.41, 5.74) is 3.28.